The summed E-state index contributed by atoms with van der Waals surface area (Å²) in [6.07, 6.45) is 1.35. The molecule has 3 rings (SSSR count). The molecule has 5 nitrogen and oxygen atoms in total. The largest absolute Gasteiger partial charge is 0.459 e. The van der Waals surface area contributed by atoms with Crippen LogP contribution in [0.5, 0.6) is 0 Å². The lowest BCUT2D eigenvalue weighted by Gasteiger charge is -2.06. The van der Waals surface area contributed by atoms with Gasteiger partial charge in [-0.15, -0.1) is 11.3 Å². The van der Waals surface area contributed by atoms with Crippen LogP contribution in [0.15, 0.2) is 47.1 Å². The van der Waals surface area contributed by atoms with Crippen LogP contribution in [0.25, 0.3) is 0 Å². The number of furan rings is 1. The van der Waals surface area contributed by atoms with Crippen molar-refractivity contribution < 1.29 is 27.2 Å². The summed E-state index contributed by atoms with van der Waals surface area (Å²) >= 11 is 0.923. The van der Waals surface area contributed by atoms with E-state index in [1.807, 2.05) is 0 Å². The van der Waals surface area contributed by atoms with Crippen LogP contribution in [-0.4, -0.2) is 11.8 Å². The second-order valence-corrected chi connectivity index (χ2v) is 5.86. The molecular weight excluding hydrogens is 357 g/mol. The van der Waals surface area contributed by atoms with Gasteiger partial charge >= 0.3 is 0 Å². The zero-order chi connectivity index (χ0) is 18.0. The molecule has 2 N–H and O–H groups in total. The molecule has 0 atom stereocenters. The van der Waals surface area contributed by atoms with Crippen molar-refractivity contribution in [2.75, 3.05) is 10.6 Å². The summed E-state index contributed by atoms with van der Waals surface area (Å²) in [6, 6.07) is 7.52. The van der Waals surface area contributed by atoms with E-state index in [0.717, 1.165) is 17.4 Å². The van der Waals surface area contributed by atoms with Crippen molar-refractivity contribution in [3.63, 3.8) is 0 Å². The Hall–Kier alpha value is -3.07. The minimum atomic E-state index is -1.67. The zero-order valence-electron chi connectivity index (χ0n) is 12.3. The van der Waals surface area contributed by atoms with E-state index in [1.165, 1.54) is 24.5 Å². The first-order valence-electron chi connectivity index (χ1n) is 6.85. The highest BCUT2D eigenvalue weighted by molar-refractivity contribution is 7.18. The molecule has 128 valence electrons. The Morgan fingerprint density at radius 2 is 1.72 bits per heavy atom. The van der Waals surface area contributed by atoms with Crippen molar-refractivity contribution in [1.82, 2.24) is 0 Å². The zero-order valence-corrected chi connectivity index (χ0v) is 13.1. The summed E-state index contributed by atoms with van der Waals surface area (Å²) in [5.74, 6) is -5.64. The van der Waals surface area contributed by atoms with Crippen molar-refractivity contribution in [1.29, 1.82) is 0 Å². The van der Waals surface area contributed by atoms with Crippen LogP contribution in [0.4, 0.5) is 23.9 Å². The molecule has 25 heavy (non-hydrogen) atoms. The van der Waals surface area contributed by atoms with Crippen molar-refractivity contribution in [2.45, 2.75) is 0 Å². The van der Waals surface area contributed by atoms with Crippen LogP contribution < -0.4 is 10.6 Å². The minimum Gasteiger partial charge on any atom is -0.459 e. The van der Waals surface area contributed by atoms with Gasteiger partial charge in [-0.3, -0.25) is 9.59 Å². The Morgan fingerprint density at radius 3 is 2.44 bits per heavy atom. The lowest BCUT2D eigenvalue weighted by atomic mass is 10.2. The third-order valence-electron chi connectivity index (χ3n) is 3.09. The van der Waals surface area contributed by atoms with Crippen LogP contribution in [-0.2, 0) is 0 Å². The monoisotopic (exact) mass is 366 g/mol. The first kappa shape index (κ1) is 16.8. The molecule has 0 bridgehead atoms. The highest BCUT2D eigenvalue weighted by Gasteiger charge is 2.18. The van der Waals surface area contributed by atoms with Crippen molar-refractivity contribution >= 4 is 33.8 Å². The molecule has 0 aliphatic carbocycles. The fourth-order valence-electron chi connectivity index (χ4n) is 1.91. The number of carbonyl (C=O) groups excluding carboxylic acids is 2. The number of benzene rings is 1. The molecule has 2 aromatic heterocycles. The Balaban J connectivity index is 1.71. The molecular formula is C16H9F3N2O3S. The van der Waals surface area contributed by atoms with E-state index in [2.05, 4.69) is 10.6 Å². The van der Waals surface area contributed by atoms with E-state index in [9.17, 15) is 22.8 Å². The van der Waals surface area contributed by atoms with Crippen molar-refractivity contribution in [3.05, 3.63) is 70.8 Å². The number of rotatable bonds is 4. The first-order chi connectivity index (χ1) is 12.0. The highest BCUT2D eigenvalue weighted by Crippen LogP contribution is 2.25. The second kappa shape index (κ2) is 6.81. The number of thiophene rings is 1. The van der Waals surface area contributed by atoms with Gasteiger partial charge in [0.1, 0.15) is 0 Å². The maximum absolute atomic E-state index is 13.6. The predicted octanol–water partition coefficient (Wildman–Crippen LogP) is 4.26. The lowest BCUT2D eigenvalue weighted by molar-refractivity contribution is 0.0995. The number of halogens is 3. The fourth-order valence-corrected chi connectivity index (χ4v) is 2.71. The van der Waals surface area contributed by atoms with Gasteiger partial charge in [-0.25, -0.2) is 13.2 Å². The predicted molar refractivity (Wildman–Crippen MR) is 85.2 cm³/mol. The number of nitrogens with one attached hydrogen (secondary N) is 2. The van der Waals surface area contributed by atoms with E-state index < -0.39 is 35.0 Å². The van der Waals surface area contributed by atoms with Gasteiger partial charge < -0.3 is 15.1 Å². The molecule has 0 saturated heterocycles. The SMILES string of the molecule is O=C(Nc1ccc(C(=O)Nc2ccc(F)c(F)c2F)s1)c1ccco1. The van der Waals surface area contributed by atoms with Gasteiger partial charge in [0.15, 0.2) is 23.2 Å². The molecule has 0 fully saturated rings. The first-order valence-corrected chi connectivity index (χ1v) is 7.67. The maximum Gasteiger partial charge on any atom is 0.291 e. The molecule has 0 aliphatic heterocycles. The smallest absolute Gasteiger partial charge is 0.291 e. The van der Waals surface area contributed by atoms with E-state index in [0.29, 0.717) is 11.1 Å². The molecule has 0 aliphatic rings. The van der Waals surface area contributed by atoms with Crippen LogP contribution in [0.1, 0.15) is 20.2 Å². The summed E-state index contributed by atoms with van der Waals surface area (Å²) < 4.78 is 44.6. The number of hydrogen-bond acceptors (Lipinski definition) is 4. The van der Waals surface area contributed by atoms with E-state index >= 15 is 0 Å². The summed E-state index contributed by atoms with van der Waals surface area (Å²) in [4.78, 5) is 24.0. The van der Waals surface area contributed by atoms with Gasteiger partial charge in [0.05, 0.1) is 21.8 Å². The molecule has 0 radical (unpaired) electrons. The average Bonchev–Trinajstić information content (AvgIpc) is 3.27. The van der Waals surface area contributed by atoms with Gasteiger partial charge in [0, 0.05) is 0 Å². The molecule has 0 saturated carbocycles. The minimum absolute atomic E-state index is 0.100. The molecule has 0 spiro atoms. The van der Waals surface area contributed by atoms with E-state index in [-0.39, 0.29) is 10.6 Å². The number of amides is 2. The Labute approximate surface area is 143 Å². The molecule has 9 heteroatoms. The standard InChI is InChI=1S/C16H9F3N2O3S/c17-8-3-4-9(14(19)13(8)18)20-16(23)11-5-6-12(25-11)21-15(22)10-2-1-7-24-10/h1-7H,(H,20,23)(H,21,22). The normalized spacial score (nSPS) is 10.5. The Morgan fingerprint density at radius 1 is 0.920 bits per heavy atom. The summed E-state index contributed by atoms with van der Waals surface area (Å²) in [5.41, 5.74) is -0.488. The van der Waals surface area contributed by atoms with Gasteiger partial charge in [-0.05, 0) is 36.4 Å². The van der Waals surface area contributed by atoms with Crippen molar-refractivity contribution in [3.8, 4) is 0 Å². The molecule has 0 unspecified atom stereocenters. The van der Waals surface area contributed by atoms with E-state index in [1.54, 1.807) is 6.07 Å². The van der Waals surface area contributed by atoms with Gasteiger partial charge in [-0.1, -0.05) is 0 Å². The molecule has 1 aromatic carbocycles. The molecule has 2 amide bonds. The molecule has 3 aromatic rings. The fraction of sp³-hybridized carbons (Fsp3) is 0. The number of carbonyl (C=O) groups is 2. The highest BCUT2D eigenvalue weighted by atomic mass is 32.1. The maximum atomic E-state index is 13.6. The van der Waals surface area contributed by atoms with E-state index in [4.69, 9.17) is 4.42 Å². The van der Waals surface area contributed by atoms with Gasteiger partial charge in [-0.2, -0.15) is 0 Å². The average molecular weight is 366 g/mol. The third kappa shape index (κ3) is 3.56. The van der Waals surface area contributed by atoms with Crippen LogP contribution >= 0.6 is 11.3 Å². The number of anilines is 2. The summed E-state index contributed by atoms with van der Waals surface area (Å²) in [5, 5.41) is 5.04. The van der Waals surface area contributed by atoms with Gasteiger partial charge in [0.2, 0.25) is 0 Å². The summed E-state index contributed by atoms with van der Waals surface area (Å²) in [6.45, 7) is 0. The number of hydrogen-bond donors (Lipinski definition) is 2. The van der Waals surface area contributed by atoms with Crippen molar-refractivity contribution in [2.24, 2.45) is 0 Å². The Bertz CT molecular complexity index is 938. The van der Waals surface area contributed by atoms with Gasteiger partial charge in [0.25, 0.3) is 11.8 Å². The quantitative estimate of drug-likeness (QED) is 0.678. The third-order valence-corrected chi connectivity index (χ3v) is 4.09. The Kier molecular flexibility index (Phi) is 4.57. The van der Waals surface area contributed by atoms with Crippen LogP contribution in [0.3, 0.4) is 0 Å². The molecule has 2 heterocycles. The summed E-state index contributed by atoms with van der Waals surface area (Å²) in [7, 11) is 0. The van der Waals surface area contributed by atoms with Crippen LogP contribution in [0, 0.1) is 17.5 Å². The lowest BCUT2D eigenvalue weighted by Crippen LogP contribution is -2.12. The van der Waals surface area contributed by atoms with Crippen LogP contribution in [0.2, 0.25) is 0 Å². The second-order valence-electron chi connectivity index (χ2n) is 4.77. The topological polar surface area (TPSA) is 71.3 Å².